The van der Waals surface area contributed by atoms with Gasteiger partial charge in [0.1, 0.15) is 12.1 Å². The number of hydrogen-bond acceptors (Lipinski definition) is 5. The Balaban J connectivity index is 2.27. The van der Waals surface area contributed by atoms with Crippen molar-refractivity contribution in [1.29, 1.82) is 0 Å². The third kappa shape index (κ3) is 3.15. The lowest BCUT2D eigenvalue weighted by molar-refractivity contribution is 0.391. The van der Waals surface area contributed by atoms with E-state index in [-0.39, 0.29) is 0 Å². The van der Waals surface area contributed by atoms with Crippen LogP contribution in [0.3, 0.4) is 0 Å². The van der Waals surface area contributed by atoms with Crippen LogP contribution in [0.2, 0.25) is 0 Å². The number of rotatable bonds is 5. The standard InChI is InChI=1S/C14H24N4O/c1-4-8-18(12-6-5-7-15-9-12)13-11(2)14(19-3)17-10-16-13/h10,12,15H,4-9H2,1-3H3. The molecule has 2 heterocycles. The zero-order valence-corrected chi connectivity index (χ0v) is 12.1. The molecule has 2 rings (SSSR count). The minimum Gasteiger partial charge on any atom is -0.481 e. The van der Waals surface area contributed by atoms with Crippen LogP contribution in [0, 0.1) is 6.92 Å². The largest absolute Gasteiger partial charge is 0.481 e. The number of nitrogens with zero attached hydrogens (tertiary/aromatic N) is 3. The van der Waals surface area contributed by atoms with Crippen LogP contribution in [0.1, 0.15) is 31.7 Å². The van der Waals surface area contributed by atoms with E-state index < -0.39 is 0 Å². The van der Waals surface area contributed by atoms with Crippen molar-refractivity contribution in [2.24, 2.45) is 0 Å². The normalized spacial score (nSPS) is 19.2. The first-order chi connectivity index (χ1) is 9.27. The third-order valence-corrected chi connectivity index (χ3v) is 3.65. The molecule has 1 aliphatic rings. The van der Waals surface area contributed by atoms with Crippen LogP contribution in [-0.2, 0) is 0 Å². The maximum Gasteiger partial charge on any atom is 0.221 e. The zero-order valence-electron chi connectivity index (χ0n) is 12.1. The number of anilines is 1. The van der Waals surface area contributed by atoms with Crippen molar-refractivity contribution in [1.82, 2.24) is 15.3 Å². The first kappa shape index (κ1) is 14.1. The summed E-state index contributed by atoms with van der Waals surface area (Å²) in [4.78, 5) is 11.1. The number of methoxy groups -OCH3 is 1. The van der Waals surface area contributed by atoms with Crippen molar-refractivity contribution in [3.8, 4) is 5.88 Å². The van der Waals surface area contributed by atoms with E-state index in [2.05, 4.69) is 27.1 Å². The van der Waals surface area contributed by atoms with Crippen LogP contribution in [0.25, 0.3) is 0 Å². The smallest absolute Gasteiger partial charge is 0.221 e. The van der Waals surface area contributed by atoms with Gasteiger partial charge in [-0.1, -0.05) is 6.92 Å². The molecule has 0 radical (unpaired) electrons. The lowest BCUT2D eigenvalue weighted by Crippen LogP contribution is -2.47. The fourth-order valence-electron chi connectivity index (χ4n) is 2.72. The molecule has 1 atom stereocenters. The topological polar surface area (TPSA) is 50.3 Å². The molecule has 19 heavy (non-hydrogen) atoms. The van der Waals surface area contributed by atoms with Gasteiger partial charge >= 0.3 is 0 Å². The summed E-state index contributed by atoms with van der Waals surface area (Å²) in [5, 5.41) is 3.48. The van der Waals surface area contributed by atoms with E-state index in [1.165, 1.54) is 12.8 Å². The van der Waals surface area contributed by atoms with E-state index in [0.717, 1.165) is 37.4 Å². The zero-order chi connectivity index (χ0) is 13.7. The molecule has 5 nitrogen and oxygen atoms in total. The summed E-state index contributed by atoms with van der Waals surface area (Å²) in [5.74, 6) is 1.69. The van der Waals surface area contributed by atoms with Crippen LogP contribution >= 0.6 is 0 Å². The average molecular weight is 264 g/mol. The van der Waals surface area contributed by atoms with Gasteiger partial charge in [0.15, 0.2) is 0 Å². The second kappa shape index (κ2) is 6.70. The van der Waals surface area contributed by atoms with Gasteiger partial charge in [-0.25, -0.2) is 9.97 Å². The lowest BCUT2D eigenvalue weighted by atomic mass is 10.0. The molecule has 1 saturated heterocycles. The first-order valence-corrected chi connectivity index (χ1v) is 7.10. The summed E-state index contributed by atoms with van der Waals surface area (Å²) in [5.41, 5.74) is 1.03. The fraction of sp³-hybridized carbons (Fsp3) is 0.714. The van der Waals surface area contributed by atoms with Gasteiger partial charge in [-0.3, -0.25) is 0 Å². The Kier molecular flexibility index (Phi) is 4.96. The first-order valence-electron chi connectivity index (χ1n) is 7.10. The number of piperidine rings is 1. The predicted molar refractivity (Wildman–Crippen MR) is 76.8 cm³/mol. The molecule has 0 saturated carbocycles. The average Bonchev–Trinajstić information content (AvgIpc) is 2.46. The quantitative estimate of drug-likeness (QED) is 0.878. The summed E-state index contributed by atoms with van der Waals surface area (Å²) < 4.78 is 5.31. The highest BCUT2D eigenvalue weighted by atomic mass is 16.5. The fourth-order valence-corrected chi connectivity index (χ4v) is 2.72. The van der Waals surface area contributed by atoms with Crippen molar-refractivity contribution >= 4 is 5.82 Å². The van der Waals surface area contributed by atoms with E-state index in [4.69, 9.17) is 4.74 Å². The highest BCUT2D eigenvalue weighted by Crippen LogP contribution is 2.27. The monoisotopic (exact) mass is 264 g/mol. The molecule has 1 unspecified atom stereocenters. The molecular weight excluding hydrogens is 240 g/mol. The van der Waals surface area contributed by atoms with E-state index in [1.54, 1.807) is 13.4 Å². The predicted octanol–water partition coefficient (Wildman–Crippen LogP) is 1.76. The molecule has 0 amide bonds. The van der Waals surface area contributed by atoms with Crippen LogP contribution in [0.5, 0.6) is 5.88 Å². The van der Waals surface area contributed by atoms with Gasteiger partial charge in [-0.05, 0) is 32.7 Å². The minimum absolute atomic E-state index is 0.520. The maximum atomic E-state index is 5.31. The molecule has 1 aliphatic heterocycles. The molecule has 1 aromatic heterocycles. The Morgan fingerprint density at radius 3 is 2.95 bits per heavy atom. The van der Waals surface area contributed by atoms with Crippen molar-refractivity contribution < 1.29 is 4.74 Å². The third-order valence-electron chi connectivity index (χ3n) is 3.65. The van der Waals surface area contributed by atoms with Gasteiger partial charge in [0.05, 0.1) is 12.7 Å². The Labute approximate surface area is 115 Å². The van der Waals surface area contributed by atoms with Gasteiger partial charge in [0, 0.05) is 19.1 Å². The van der Waals surface area contributed by atoms with Crippen molar-refractivity contribution in [2.75, 3.05) is 31.6 Å². The second-order valence-corrected chi connectivity index (χ2v) is 5.03. The van der Waals surface area contributed by atoms with Gasteiger partial charge in [-0.15, -0.1) is 0 Å². The van der Waals surface area contributed by atoms with Gasteiger partial charge in [0.2, 0.25) is 5.88 Å². The van der Waals surface area contributed by atoms with Gasteiger partial charge < -0.3 is 15.0 Å². The van der Waals surface area contributed by atoms with E-state index in [9.17, 15) is 0 Å². The van der Waals surface area contributed by atoms with Crippen LogP contribution in [0.15, 0.2) is 6.33 Å². The highest BCUT2D eigenvalue weighted by molar-refractivity contribution is 5.51. The highest BCUT2D eigenvalue weighted by Gasteiger charge is 2.24. The van der Waals surface area contributed by atoms with E-state index in [1.807, 2.05) is 6.92 Å². The summed E-state index contributed by atoms with van der Waals surface area (Å²) >= 11 is 0. The van der Waals surface area contributed by atoms with Gasteiger partial charge in [0.25, 0.3) is 0 Å². The second-order valence-electron chi connectivity index (χ2n) is 5.03. The summed E-state index contributed by atoms with van der Waals surface area (Å²) in [6.07, 6.45) is 5.16. The SMILES string of the molecule is CCCN(c1ncnc(OC)c1C)C1CCCNC1. The summed E-state index contributed by atoms with van der Waals surface area (Å²) in [7, 11) is 1.66. The Hall–Kier alpha value is -1.36. The van der Waals surface area contributed by atoms with E-state index >= 15 is 0 Å². The minimum atomic E-state index is 0.520. The molecule has 1 fully saturated rings. The molecular formula is C14H24N4O. The Morgan fingerprint density at radius 1 is 1.47 bits per heavy atom. The molecule has 0 bridgehead atoms. The molecule has 1 N–H and O–H groups in total. The molecule has 0 spiro atoms. The Morgan fingerprint density at radius 2 is 2.32 bits per heavy atom. The number of ether oxygens (including phenoxy) is 1. The van der Waals surface area contributed by atoms with Crippen molar-refractivity contribution in [2.45, 2.75) is 39.2 Å². The lowest BCUT2D eigenvalue weighted by Gasteiger charge is -2.36. The van der Waals surface area contributed by atoms with Crippen LogP contribution < -0.4 is 15.0 Å². The van der Waals surface area contributed by atoms with Crippen molar-refractivity contribution in [3.05, 3.63) is 11.9 Å². The molecule has 0 aromatic carbocycles. The van der Waals surface area contributed by atoms with E-state index in [0.29, 0.717) is 11.9 Å². The molecule has 0 aliphatic carbocycles. The van der Waals surface area contributed by atoms with Crippen molar-refractivity contribution in [3.63, 3.8) is 0 Å². The Bertz CT molecular complexity index is 404. The number of nitrogens with one attached hydrogen (secondary N) is 1. The molecule has 5 heteroatoms. The van der Waals surface area contributed by atoms with Crippen LogP contribution in [0.4, 0.5) is 5.82 Å². The van der Waals surface area contributed by atoms with Gasteiger partial charge in [-0.2, -0.15) is 0 Å². The number of hydrogen-bond donors (Lipinski definition) is 1. The summed E-state index contributed by atoms with van der Waals surface area (Å²) in [6, 6.07) is 0.520. The molecule has 106 valence electrons. The summed E-state index contributed by atoms with van der Waals surface area (Å²) in [6.45, 7) is 7.42. The number of aromatic nitrogens is 2. The van der Waals surface area contributed by atoms with Crippen LogP contribution in [-0.4, -0.2) is 42.8 Å². The molecule has 1 aromatic rings. The maximum absolute atomic E-state index is 5.31.